The molecule has 0 spiro atoms. The van der Waals surface area contributed by atoms with Crippen molar-refractivity contribution in [2.24, 2.45) is 11.5 Å². The molecule has 1 aromatic heterocycles. The van der Waals surface area contributed by atoms with Crippen LogP contribution in [0.25, 0.3) is 0 Å². The molecule has 2 saturated heterocycles. The van der Waals surface area contributed by atoms with E-state index in [0.717, 1.165) is 33.0 Å². The van der Waals surface area contributed by atoms with Crippen molar-refractivity contribution in [3.8, 4) is 0 Å². The van der Waals surface area contributed by atoms with Gasteiger partial charge in [-0.05, 0) is 69.2 Å². The number of hydrogen-bond acceptors (Lipinski definition) is 7. The molecule has 2 aliphatic heterocycles. The molecular weight excluding hydrogens is 487 g/mol. The van der Waals surface area contributed by atoms with E-state index in [9.17, 15) is 14.0 Å². The van der Waals surface area contributed by atoms with Crippen molar-refractivity contribution < 1.29 is 18.7 Å². The van der Waals surface area contributed by atoms with Gasteiger partial charge in [0, 0.05) is 12.4 Å². The number of rotatable bonds is 7. The lowest BCUT2D eigenvalue weighted by atomic mass is 9.71. The molecule has 1 aromatic carbocycles. The van der Waals surface area contributed by atoms with Gasteiger partial charge in [0.25, 0.3) is 11.8 Å². The van der Waals surface area contributed by atoms with Gasteiger partial charge in [0.2, 0.25) is 5.95 Å². The summed E-state index contributed by atoms with van der Waals surface area (Å²) in [5.41, 5.74) is 12.6. The zero-order valence-corrected chi connectivity index (χ0v) is 22.7. The number of alkyl halides is 1. The number of likely N-dealkylation sites (tertiary alicyclic amines) is 1. The molecule has 5 N–H and O–H groups in total. The van der Waals surface area contributed by atoms with Gasteiger partial charge in [0.15, 0.2) is 6.17 Å². The predicted octanol–water partition coefficient (Wildman–Crippen LogP) is 3.50. The molecule has 3 fully saturated rings. The normalized spacial score (nSPS) is 19.8. The van der Waals surface area contributed by atoms with Crippen LogP contribution in [0, 0.1) is 0 Å². The molecule has 9 nitrogen and oxygen atoms in total. The molecule has 1 aliphatic carbocycles. The van der Waals surface area contributed by atoms with Crippen molar-refractivity contribution in [2.45, 2.75) is 76.5 Å². The Bertz CT molecular complexity index is 1030. The van der Waals surface area contributed by atoms with Crippen LogP contribution in [0.2, 0.25) is 0 Å². The fourth-order valence-corrected chi connectivity index (χ4v) is 4.86. The van der Waals surface area contributed by atoms with E-state index < -0.39 is 18.0 Å². The quantitative estimate of drug-likeness (QED) is 0.500. The van der Waals surface area contributed by atoms with E-state index in [2.05, 4.69) is 50.2 Å². The minimum Gasteiger partial charge on any atom is -0.378 e. The molecule has 38 heavy (non-hydrogen) atoms. The van der Waals surface area contributed by atoms with Gasteiger partial charge in [-0.2, -0.15) is 0 Å². The molecule has 2 aromatic rings. The van der Waals surface area contributed by atoms with Crippen LogP contribution in [-0.2, 0) is 15.1 Å². The van der Waals surface area contributed by atoms with Crippen LogP contribution in [0.1, 0.15) is 80.3 Å². The number of halogens is 1. The Morgan fingerprint density at radius 2 is 1.63 bits per heavy atom. The van der Waals surface area contributed by atoms with Crippen LogP contribution < -0.4 is 16.8 Å². The first-order chi connectivity index (χ1) is 18.3. The second-order valence-electron chi connectivity index (χ2n) is 9.86. The van der Waals surface area contributed by atoms with Crippen molar-refractivity contribution in [3.63, 3.8) is 0 Å². The fourth-order valence-electron chi connectivity index (χ4n) is 4.86. The maximum absolute atomic E-state index is 11.3. The number of carbonyl (C=O) groups excluding carboxylic acids is 2. The highest BCUT2D eigenvalue weighted by molar-refractivity contribution is 5.92. The summed E-state index contributed by atoms with van der Waals surface area (Å²) < 4.78 is 16.7. The molecule has 2 amide bonds. The van der Waals surface area contributed by atoms with E-state index in [1.165, 1.54) is 55.9 Å². The summed E-state index contributed by atoms with van der Waals surface area (Å²) >= 11 is 0. The first-order valence-electron chi connectivity index (χ1n) is 13.5. The van der Waals surface area contributed by atoms with Gasteiger partial charge in [0.05, 0.1) is 30.4 Å². The van der Waals surface area contributed by atoms with E-state index in [-0.39, 0.29) is 5.54 Å². The number of nitrogens with one attached hydrogen (secondary N) is 1. The van der Waals surface area contributed by atoms with Crippen molar-refractivity contribution in [3.05, 3.63) is 53.3 Å². The number of primary amides is 2. The van der Waals surface area contributed by atoms with E-state index in [1.54, 1.807) is 0 Å². The highest BCUT2D eigenvalue weighted by atomic mass is 19.1. The third-order valence-electron chi connectivity index (χ3n) is 7.49. The number of anilines is 1. The number of nitrogens with two attached hydrogens (primary N) is 2. The zero-order chi connectivity index (χ0) is 27.7. The number of ether oxygens (including phenoxy) is 1. The van der Waals surface area contributed by atoms with Crippen molar-refractivity contribution in [2.75, 3.05) is 31.6 Å². The standard InChI is InChI=1S/C23H29N5O2.C3H6FNO.C2H6/c24-21(29)18-12-25-22(26-13-18)27-23(8-1-9-23)19-4-2-16(3-5-19)17-6-10-28(11-7-17)20-14-30-15-20;1-2(4)3(5)6;1-2/h2-5,12-13,17,20H,1,6-11,14-15H2,(H2,24,29)(H,25,26,27);2H,1H3,(H2,5,6);1-2H3. The average Bonchev–Trinajstić information content (AvgIpc) is 2.88. The Labute approximate surface area is 224 Å². The summed E-state index contributed by atoms with van der Waals surface area (Å²) in [7, 11) is 0. The molecule has 10 heteroatoms. The molecule has 3 aliphatic rings. The van der Waals surface area contributed by atoms with E-state index >= 15 is 0 Å². The molecule has 3 heterocycles. The molecule has 0 bridgehead atoms. The Kier molecular flexibility index (Phi) is 10.6. The van der Waals surface area contributed by atoms with Gasteiger partial charge in [0.1, 0.15) is 0 Å². The van der Waals surface area contributed by atoms with Crippen LogP contribution in [0.4, 0.5) is 10.3 Å². The van der Waals surface area contributed by atoms with Gasteiger partial charge in [-0.15, -0.1) is 0 Å². The Morgan fingerprint density at radius 1 is 1.08 bits per heavy atom. The minimum atomic E-state index is -1.51. The van der Waals surface area contributed by atoms with Gasteiger partial charge in [-0.3, -0.25) is 14.5 Å². The molecule has 1 saturated carbocycles. The number of hydrogen-bond donors (Lipinski definition) is 3. The summed E-state index contributed by atoms with van der Waals surface area (Å²) in [5.74, 6) is -0.236. The molecular formula is C28H41FN6O3. The SMILES string of the molecule is CC.CC(F)C(N)=O.NC(=O)c1cnc(NC2(c3ccc(C4CCN(C5COC5)CC4)cc3)CCC2)nc1. The summed E-state index contributed by atoms with van der Waals surface area (Å²) in [5, 5.41) is 3.51. The van der Waals surface area contributed by atoms with Crippen LogP contribution in [0.5, 0.6) is 0 Å². The summed E-state index contributed by atoms with van der Waals surface area (Å²) in [6, 6.07) is 9.80. The smallest absolute Gasteiger partial charge is 0.251 e. The fraction of sp³-hybridized carbons (Fsp3) is 0.571. The third-order valence-corrected chi connectivity index (χ3v) is 7.49. The highest BCUT2D eigenvalue weighted by Gasteiger charge is 2.39. The Balaban J connectivity index is 0.000000443. The largest absolute Gasteiger partial charge is 0.378 e. The maximum Gasteiger partial charge on any atom is 0.251 e. The Hall–Kier alpha value is -3.11. The number of carbonyl (C=O) groups is 2. The topological polar surface area (TPSA) is 136 Å². The third kappa shape index (κ3) is 7.26. The van der Waals surface area contributed by atoms with E-state index in [4.69, 9.17) is 10.5 Å². The molecule has 0 radical (unpaired) electrons. The maximum atomic E-state index is 11.3. The highest BCUT2D eigenvalue weighted by Crippen LogP contribution is 2.44. The number of benzene rings is 1. The van der Waals surface area contributed by atoms with Gasteiger partial charge in [-0.1, -0.05) is 38.1 Å². The second-order valence-corrected chi connectivity index (χ2v) is 9.86. The van der Waals surface area contributed by atoms with Crippen LogP contribution in [-0.4, -0.2) is 65.2 Å². The van der Waals surface area contributed by atoms with Crippen molar-refractivity contribution in [1.29, 1.82) is 0 Å². The average molecular weight is 529 g/mol. The minimum absolute atomic E-state index is 0.125. The molecule has 1 unspecified atom stereocenters. The monoisotopic (exact) mass is 528 g/mol. The number of piperidine rings is 1. The predicted molar refractivity (Wildman–Crippen MR) is 145 cm³/mol. The summed E-state index contributed by atoms with van der Waals surface area (Å²) in [6.45, 7) is 9.25. The first-order valence-corrected chi connectivity index (χ1v) is 13.5. The zero-order valence-electron chi connectivity index (χ0n) is 22.7. The second kappa shape index (κ2) is 13.6. The number of aromatic nitrogens is 2. The van der Waals surface area contributed by atoms with Crippen molar-refractivity contribution in [1.82, 2.24) is 14.9 Å². The lowest BCUT2D eigenvalue weighted by Crippen LogP contribution is -2.51. The molecule has 5 rings (SSSR count). The molecule has 208 valence electrons. The van der Waals surface area contributed by atoms with Gasteiger partial charge < -0.3 is 21.5 Å². The lowest BCUT2D eigenvalue weighted by molar-refractivity contribution is -0.122. The van der Waals surface area contributed by atoms with Crippen molar-refractivity contribution >= 4 is 17.8 Å². The van der Waals surface area contributed by atoms with E-state index in [0.29, 0.717) is 23.5 Å². The summed E-state index contributed by atoms with van der Waals surface area (Å²) in [6.07, 6.45) is 7.18. The van der Waals surface area contributed by atoms with Crippen LogP contribution in [0.15, 0.2) is 36.7 Å². The first kappa shape index (κ1) is 29.4. The van der Waals surface area contributed by atoms with Gasteiger partial charge >= 0.3 is 0 Å². The van der Waals surface area contributed by atoms with Crippen LogP contribution in [0.3, 0.4) is 0 Å². The Morgan fingerprint density at radius 3 is 2.03 bits per heavy atom. The summed E-state index contributed by atoms with van der Waals surface area (Å²) in [4.78, 5) is 31.9. The van der Waals surface area contributed by atoms with Gasteiger partial charge in [-0.25, -0.2) is 14.4 Å². The number of nitrogens with zero attached hydrogens (tertiary/aromatic N) is 3. The molecule has 1 atom stereocenters. The number of amides is 2. The van der Waals surface area contributed by atoms with Crippen LogP contribution >= 0.6 is 0 Å². The lowest BCUT2D eigenvalue weighted by Gasteiger charge is -2.43. The van der Waals surface area contributed by atoms with E-state index in [1.807, 2.05) is 13.8 Å².